The van der Waals surface area contributed by atoms with Crippen molar-refractivity contribution in [3.63, 3.8) is 0 Å². The minimum atomic E-state index is -4.11. The fourth-order valence-electron chi connectivity index (χ4n) is 3.61. The van der Waals surface area contributed by atoms with Gasteiger partial charge in [0.1, 0.15) is 17.2 Å². The number of amides is 2. The highest BCUT2D eigenvalue weighted by Gasteiger charge is 2.21. The molecule has 0 fully saturated rings. The van der Waals surface area contributed by atoms with Crippen LogP contribution in [0.2, 0.25) is 10.0 Å². The molecule has 12 heteroatoms. The lowest BCUT2D eigenvalue weighted by atomic mass is 10.1. The number of carbonyl (C=O) groups excluding carboxylic acids is 2. The van der Waals surface area contributed by atoms with Crippen LogP contribution in [0.1, 0.15) is 17.3 Å². The van der Waals surface area contributed by atoms with Crippen molar-refractivity contribution < 1.29 is 27.5 Å². The number of hydrogen-bond acceptors (Lipinski definition) is 6. The van der Waals surface area contributed by atoms with Crippen LogP contribution in [0.15, 0.2) is 89.8 Å². The van der Waals surface area contributed by atoms with E-state index in [2.05, 4.69) is 15.4 Å². The second kappa shape index (κ2) is 12.3. The van der Waals surface area contributed by atoms with E-state index in [1.54, 1.807) is 36.4 Å². The molecule has 0 aliphatic rings. The molecule has 0 atom stereocenters. The van der Waals surface area contributed by atoms with E-state index < -0.39 is 15.9 Å². The van der Waals surface area contributed by atoms with Crippen LogP contribution in [0.3, 0.4) is 0 Å². The number of hydrogen-bond donors (Lipinski definition) is 3. The van der Waals surface area contributed by atoms with Crippen LogP contribution >= 0.6 is 23.2 Å². The van der Waals surface area contributed by atoms with Crippen LogP contribution in [0.4, 0.5) is 17.1 Å². The summed E-state index contributed by atoms with van der Waals surface area (Å²) in [5.74, 6) is 0.174. The lowest BCUT2D eigenvalue weighted by molar-refractivity contribution is -0.114. The number of carbonyl (C=O) groups is 2. The zero-order valence-electron chi connectivity index (χ0n) is 21.2. The highest BCUT2D eigenvalue weighted by molar-refractivity contribution is 7.92. The van der Waals surface area contributed by atoms with Crippen molar-refractivity contribution in [2.45, 2.75) is 11.8 Å². The second-order valence-corrected chi connectivity index (χ2v) is 10.9. The van der Waals surface area contributed by atoms with Crippen LogP contribution in [0.25, 0.3) is 0 Å². The molecule has 0 saturated heterocycles. The molecule has 0 saturated carbocycles. The quantitative estimate of drug-likeness (QED) is 0.194. The van der Waals surface area contributed by atoms with E-state index in [0.29, 0.717) is 28.0 Å². The fourth-order valence-corrected chi connectivity index (χ4v) is 5.04. The van der Waals surface area contributed by atoms with E-state index in [0.717, 1.165) is 0 Å². The topological polar surface area (TPSA) is 123 Å². The minimum absolute atomic E-state index is 0.00437. The van der Waals surface area contributed by atoms with Gasteiger partial charge < -0.3 is 20.1 Å². The molecule has 0 heterocycles. The number of ether oxygens (including phenoxy) is 2. The van der Waals surface area contributed by atoms with Crippen molar-refractivity contribution in [2.75, 3.05) is 22.5 Å². The maximum atomic E-state index is 13.3. The number of anilines is 3. The van der Waals surface area contributed by atoms with Crippen molar-refractivity contribution >= 4 is 62.1 Å². The molecule has 2 amide bonds. The molecule has 9 nitrogen and oxygen atoms in total. The number of methoxy groups -OCH3 is 1. The summed E-state index contributed by atoms with van der Waals surface area (Å²) in [6, 6.07) is 21.5. The molecule has 0 aliphatic heterocycles. The molecule has 4 aromatic carbocycles. The van der Waals surface area contributed by atoms with Crippen molar-refractivity contribution in [3.8, 4) is 17.2 Å². The molecule has 0 aliphatic carbocycles. The zero-order chi connectivity index (χ0) is 28.9. The predicted molar refractivity (Wildman–Crippen MR) is 155 cm³/mol. The number of nitrogens with one attached hydrogen (secondary N) is 3. The summed E-state index contributed by atoms with van der Waals surface area (Å²) in [5, 5.41) is 5.94. The Morgan fingerprint density at radius 1 is 0.800 bits per heavy atom. The molecule has 3 N–H and O–H groups in total. The number of rotatable bonds is 9. The Hall–Kier alpha value is -4.25. The van der Waals surface area contributed by atoms with Crippen LogP contribution in [0.5, 0.6) is 17.2 Å². The summed E-state index contributed by atoms with van der Waals surface area (Å²) in [4.78, 5) is 24.7. The number of benzene rings is 4. The number of sulfonamides is 1. The second-order valence-electron chi connectivity index (χ2n) is 8.35. The Labute approximate surface area is 241 Å². The van der Waals surface area contributed by atoms with E-state index in [1.807, 2.05) is 0 Å². The van der Waals surface area contributed by atoms with E-state index in [-0.39, 0.29) is 32.8 Å². The number of para-hydroxylation sites is 1. The smallest absolute Gasteiger partial charge is 0.261 e. The molecule has 0 unspecified atom stereocenters. The monoisotopic (exact) mass is 599 g/mol. The Bertz CT molecular complexity index is 1680. The molecule has 0 spiro atoms. The summed E-state index contributed by atoms with van der Waals surface area (Å²) >= 11 is 12.3. The zero-order valence-corrected chi connectivity index (χ0v) is 23.5. The largest absolute Gasteiger partial charge is 0.495 e. The normalized spacial score (nSPS) is 10.9. The van der Waals surface area contributed by atoms with Gasteiger partial charge in [-0.2, -0.15) is 0 Å². The highest BCUT2D eigenvalue weighted by Crippen LogP contribution is 2.32. The Morgan fingerprint density at radius 2 is 1.52 bits per heavy atom. The minimum Gasteiger partial charge on any atom is -0.495 e. The van der Waals surface area contributed by atoms with E-state index >= 15 is 0 Å². The van der Waals surface area contributed by atoms with Crippen LogP contribution in [-0.4, -0.2) is 27.3 Å². The van der Waals surface area contributed by atoms with Gasteiger partial charge in [-0.15, -0.1) is 0 Å². The van der Waals surface area contributed by atoms with Gasteiger partial charge in [-0.1, -0.05) is 35.3 Å². The first-order valence-corrected chi connectivity index (χ1v) is 13.9. The SMILES string of the molecule is COc1ccc(NC(C)=O)cc1NC(=O)c1cc(Cl)ccc1NS(=O)(=O)c1ccc(Oc2ccccc2Cl)cc1. The standard InChI is InChI=1S/C28H23Cl2N3O6S/c1-17(34)31-19-8-14-27(38-2)25(16-19)32-28(35)22-15-18(29)7-13-24(22)33-40(36,37)21-11-9-20(10-12-21)39-26-6-4-3-5-23(26)30/h3-16,33H,1-2H3,(H,31,34)(H,32,35). The molecule has 40 heavy (non-hydrogen) atoms. The first kappa shape index (κ1) is 28.8. The molecule has 0 bridgehead atoms. The average Bonchev–Trinajstić information content (AvgIpc) is 2.91. The van der Waals surface area contributed by atoms with Gasteiger partial charge in [-0.05, 0) is 72.8 Å². The summed E-state index contributed by atoms with van der Waals surface area (Å²) in [6.07, 6.45) is 0. The lowest BCUT2D eigenvalue weighted by Gasteiger charge is -2.16. The molecule has 0 radical (unpaired) electrons. The molecular formula is C28H23Cl2N3O6S. The molecule has 0 aromatic heterocycles. The van der Waals surface area contributed by atoms with Gasteiger partial charge in [-0.3, -0.25) is 14.3 Å². The van der Waals surface area contributed by atoms with E-state index in [9.17, 15) is 18.0 Å². The Morgan fingerprint density at radius 3 is 2.20 bits per heavy atom. The first-order valence-electron chi connectivity index (χ1n) is 11.7. The third-order valence-electron chi connectivity index (χ3n) is 5.44. The van der Waals surface area contributed by atoms with Gasteiger partial charge in [-0.25, -0.2) is 8.42 Å². The summed E-state index contributed by atoms with van der Waals surface area (Å²) < 4.78 is 39.9. The van der Waals surface area contributed by atoms with Gasteiger partial charge in [0.05, 0.1) is 34.0 Å². The Kier molecular flexibility index (Phi) is 8.83. The van der Waals surface area contributed by atoms with Crippen LogP contribution in [0, 0.1) is 0 Å². The third kappa shape index (κ3) is 7.03. The highest BCUT2D eigenvalue weighted by atomic mass is 35.5. The summed E-state index contributed by atoms with van der Waals surface area (Å²) in [7, 11) is -2.69. The molecule has 4 rings (SSSR count). The Balaban J connectivity index is 1.57. The molecular weight excluding hydrogens is 577 g/mol. The van der Waals surface area contributed by atoms with Crippen molar-refractivity contribution in [1.29, 1.82) is 0 Å². The maximum Gasteiger partial charge on any atom is 0.261 e. The third-order valence-corrected chi connectivity index (χ3v) is 7.37. The van der Waals surface area contributed by atoms with Gasteiger partial charge in [0, 0.05) is 17.6 Å². The lowest BCUT2D eigenvalue weighted by Crippen LogP contribution is -2.19. The summed E-state index contributed by atoms with van der Waals surface area (Å²) in [5.41, 5.74) is 0.635. The first-order chi connectivity index (χ1) is 19.1. The predicted octanol–water partition coefficient (Wildman–Crippen LogP) is 6.81. The molecule has 206 valence electrons. The van der Waals surface area contributed by atoms with Gasteiger partial charge in [0.15, 0.2) is 0 Å². The van der Waals surface area contributed by atoms with E-state index in [4.69, 9.17) is 32.7 Å². The van der Waals surface area contributed by atoms with Crippen molar-refractivity contribution in [3.05, 3.63) is 101 Å². The fraction of sp³-hybridized carbons (Fsp3) is 0.0714. The molecule has 4 aromatic rings. The van der Waals surface area contributed by atoms with E-state index in [1.165, 1.54) is 62.6 Å². The average molecular weight is 600 g/mol. The van der Waals surface area contributed by atoms with Crippen LogP contribution in [-0.2, 0) is 14.8 Å². The number of halogens is 2. The van der Waals surface area contributed by atoms with Gasteiger partial charge in [0.2, 0.25) is 5.91 Å². The summed E-state index contributed by atoms with van der Waals surface area (Å²) in [6.45, 7) is 1.35. The maximum absolute atomic E-state index is 13.3. The van der Waals surface area contributed by atoms with Crippen LogP contribution < -0.4 is 24.8 Å². The van der Waals surface area contributed by atoms with Crippen molar-refractivity contribution in [2.24, 2.45) is 0 Å². The van der Waals surface area contributed by atoms with Crippen molar-refractivity contribution in [1.82, 2.24) is 0 Å². The van der Waals surface area contributed by atoms with Gasteiger partial charge >= 0.3 is 0 Å². The van der Waals surface area contributed by atoms with Gasteiger partial charge in [0.25, 0.3) is 15.9 Å².